The van der Waals surface area contributed by atoms with Crippen molar-refractivity contribution >= 4 is 12.0 Å². The molecule has 5 nitrogen and oxygen atoms in total. The lowest BCUT2D eigenvalue weighted by Crippen LogP contribution is -2.03. The maximum Gasteiger partial charge on any atom is 0.376 e. The van der Waals surface area contributed by atoms with Crippen LogP contribution in [0.5, 0.6) is 0 Å². The largest absolute Gasteiger partial charge is 0.457 e. The summed E-state index contributed by atoms with van der Waals surface area (Å²) in [4.78, 5) is 23.5. The average Bonchev–Trinajstić information content (AvgIpc) is 2.56. The monoisotopic (exact) mass is 167 g/mol. The summed E-state index contributed by atoms with van der Waals surface area (Å²) >= 11 is 0. The topological polar surface area (TPSA) is 68.9 Å². The van der Waals surface area contributed by atoms with Gasteiger partial charge in [0.1, 0.15) is 0 Å². The number of esters is 1. The van der Waals surface area contributed by atoms with Crippen molar-refractivity contribution in [1.82, 2.24) is 0 Å². The van der Waals surface area contributed by atoms with Gasteiger partial charge in [0, 0.05) is 0 Å². The predicted molar refractivity (Wildman–Crippen MR) is 37.1 cm³/mol. The molecule has 0 aromatic carbocycles. The maximum atomic E-state index is 10.9. The number of hydrogen-bond donors (Lipinski definition) is 0. The SMILES string of the molecule is O=C=NCOC(=O)c1ccco1. The fourth-order valence-electron chi connectivity index (χ4n) is 0.583. The van der Waals surface area contributed by atoms with E-state index in [2.05, 4.69) is 9.73 Å². The minimum Gasteiger partial charge on any atom is -0.457 e. The molecule has 1 aromatic heterocycles. The van der Waals surface area contributed by atoms with Gasteiger partial charge in [0.05, 0.1) is 6.26 Å². The van der Waals surface area contributed by atoms with E-state index in [4.69, 9.17) is 4.42 Å². The first kappa shape index (κ1) is 8.23. The van der Waals surface area contributed by atoms with Crippen molar-refractivity contribution in [3.63, 3.8) is 0 Å². The quantitative estimate of drug-likeness (QED) is 0.378. The number of aliphatic imine (C=N–C) groups is 1. The van der Waals surface area contributed by atoms with E-state index in [-0.39, 0.29) is 12.5 Å². The Bertz CT molecular complexity index is 297. The van der Waals surface area contributed by atoms with E-state index in [1.165, 1.54) is 18.4 Å². The van der Waals surface area contributed by atoms with Crippen molar-refractivity contribution in [2.24, 2.45) is 4.99 Å². The molecule has 0 unspecified atom stereocenters. The molecular formula is C7H5NO4. The highest BCUT2D eigenvalue weighted by molar-refractivity contribution is 5.86. The predicted octanol–water partition coefficient (Wildman–Crippen LogP) is 0.730. The first-order chi connectivity index (χ1) is 5.84. The summed E-state index contributed by atoms with van der Waals surface area (Å²) < 4.78 is 9.18. The van der Waals surface area contributed by atoms with Crippen molar-refractivity contribution in [3.8, 4) is 0 Å². The number of rotatable bonds is 3. The maximum absolute atomic E-state index is 10.9. The van der Waals surface area contributed by atoms with Crippen LogP contribution < -0.4 is 0 Å². The van der Waals surface area contributed by atoms with Gasteiger partial charge >= 0.3 is 5.97 Å². The molecule has 0 bridgehead atoms. The van der Waals surface area contributed by atoms with Gasteiger partial charge in [-0.1, -0.05) is 0 Å². The second-order valence-corrected chi connectivity index (χ2v) is 1.79. The number of hydrogen-bond acceptors (Lipinski definition) is 5. The first-order valence-corrected chi connectivity index (χ1v) is 3.09. The molecule has 0 aliphatic heterocycles. The molecule has 0 aliphatic carbocycles. The Balaban J connectivity index is 2.45. The van der Waals surface area contributed by atoms with E-state index < -0.39 is 5.97 Å². The Morgan fingerprint density at radius 2 is 2.58 bits per heavy atom. The van der Waals surface area contributed by atoms with Crippen molar-refractivity contribution in [2.45, 2.75) is 0 Å². The number of isocyanates is 1. The van der Waals surface area contributed by atoms with Crippen molar-refractivity contribution < 1.29 is 18.7 Å². The standard InChI is InChI=1S/C7H5NO4/c9-4-8-5-12-7(10)6-2-1-3-11-6/h1-3H,5H2. The summed E-state index contributed by atoms with van der Waals surface area (Å²) in [6.45, 7) is -0.330. The summed E-state index contributed by atoms with van der Waals surface area (Å²) in [5, 5.41) is 0. The Hall–Kier alpha value is -1.87. The number of carbonyl (C=O) groups excluding carboxylic acids is 2. The highest BCUT2D eigenvalue weighted by atomic mass is 16.6. The third-order valence-electron chi connectivity index (χ3n) is 1.05. The van der Waals surface area contributed by atoms with Gasteiger partial charge in [-0.3, -0.25) is 0 Å². The Labute approximate surface area is 67.7 Å². The third-order valence-corrected chi connectivity index (χ3v) is 1.05. The Morgan fingerprint density at radius 1 is 1.75 bits per heavy atom. The van der Waals surface area contributed by atoms with E-state index in [9.17, 15) is 9.59 Å². The highest BCUT2D eigenvalue weighted by Crippen LogP contribution is 2.01. The molecule has 0 amide bonds. The van der Waals surface area contributed by atoms with Crippen LogP contribution in [0.3, 0.4) is 0 Å². The lowest BCUT2D eigenvalue weighted by Gasteiger charge is -1.94. The summed E-state index contributed by atoms with van der Waals surface area (Å²) in [6.07, 6.45) is 2.58. The third kappa shape index (κ3) is 2.07. The van der Waals surface area contributed by atoms with Gasteiger partial charge in [-0.25, -0.2) is 9.59 Å². The normalized spacial score (nSPS) is 8.67. The fourth-order valence-corrected chi connectivity index (χ4v) is 0.583. The van der Waals surface area contributed by atoms with Crippen LogP contribution in [0.4, 0.5) is 0 Å². The van der Waals surface area contributed by atoms with Crippen LogP contribution in [0, 0.1) is 0 Å². The molecule has 1 aromatic rings. The van der Waals surface area contributed by atoms with Gasteiger partial charge in [-0.2, -0.15) is 4.99 Å². The number of nitrogens with zero attached hydrogens (tertiary/aromatic N) is 1. The molecule has 0 fully saturated rings. The van der Waals surface area contributed by atoms with E-state index in [1.54, 1.807) is 6.07 Å². The lowest BCUT2D eigenvalue weighted by atomic mass is 10.5. The van der Waals surface area contributed by atoms with Gasteiger partial charge in [0.25, 0.3) is 0 Å². The van der Waals surface area contributed by atoms with Crippen LogP contribution in [0.25, 0.3) is 0 Å². The lowest BCUT2D eigenvalue weighted by molar-refractivity contribution is 0.0481. The smallest absolute Gasteiger partial charge is 0.376 e. The zero-order valence-electron chi connectivity index (χ0n) is 6.02. The molecule has 0 spiro atoms. The minimum atomic E-state index is -0.654. The second-order valence-electron chi connectivity index (χ2n) is 1.79. The summed E-state index contributed by atoms with van der Waals surface area (Å²) in [5.74, 6) is -0.574. The molecular weight excluding hydrogens is 162 g/mol. The minimum absolute atomic E-state index is 0.0797. The molecule has 0 aliphatic rings. The Morgan fingerprint density at radius 3 is 3.17 bits per heavy atom. The highest BCUT2D eigenvalue weighted by Gasteiger charge is 2.08. The van der Waals surface area contributed by atoms with E-state index in [0.29, 0.717) is 0 Å². The summed E-state index contributed by atoms with van der Waals surface area (Å²) in [5.41, 5.74) is 0. The zero-order valence-corrected chi connectivity index (χ0v) is 6.02. The average molecular weight is 167 g/mol. The van der Waals surface area contributed by atoms with Crippen LogP contribution in [0.1, 0.15) is 10.6 Å². The second kappa shape index (κ2) is 4.10. The van der Waals surface area contributed by atoms with Gasteiger partial charge in [0.15, 0.2) is 6.73 Å². The van der Waals surface area contributed by atoms with Gasteiger partial charge < -0.3 is 9.15 Å². The molecule has 0 N–H and O–H groups in total. The first-order valence-electron chi connectivity index (χ1n) is 3.09. The zero-order chi connectivity index (χ0) is 8.81. The number of furan rings is 1. The van der Waals surface area contributed by atoms with Crippen LogP contribution in [-0.4, -0.2) is 18.8 Å². The van der Waals surface area contributed by atoms with Crippen LogP contribution in [0.2, 0.25) is 0 Å². The molecule has 0 radical (unpaired) electrons. The van der Waals surface area contributed by atoms with E-state index >= 15 is 0 Å². The summed E-state index contributed by atoms with van der Waals surface area (Å²) in [6, 6.07) is 3.01. The molecule has 5 heteroatoms. The summed E-state index contributed by atoms with van der Waals surface area (Å²) in [7, 11) is 0. The molecule has 1 rings (SSSR count). The fraction of sp³-hybridized carbons (Fsp3) is 0.143. The van der Waals surface area contributed by atoms with Gasteiger partial charge in [-0.15, -0.1) is 0 Å². The molecule has 62 valence electrons. The molecule has 1 heterocycles. The molecule has 12 heavy (non-hydrogen) atoms. The van der Waals surface area contributed by atoms with Crippen molar-refractivity contribution in [2.75, 3.05) is 6.73 Å². The van der Waals surface area contributed by atoms with Crippen molar-refractivity contribution in [1.29, 1.82) is 0 Å². The Kier molecular flexibility index (Phi) is 2.81. The van der Waals surface area contributed by atoms with Crippen LogP contribution in [0.15, 0.2) is 27.8 Å². The van der Waals surface area contributed by atoms with Gasteiger partial charge in [-0.05, 0) is 12.1 Å². The number of carbonyl (C=O) groups is 1. The molecule has 0 atom stereocenters. The van der Waals surface area contributed by atoms with E-state index in [1.807, 2.05) is 0 Å². The number of ether oxygens (including phenoxy) is 1. The molecule has 0 saturated heterocycles. The van der Waals surface area contributed by atoms with E-state index in [0.717, 1.165) is 0 Å². The van der Waals surface area contributed by atoms with Crippen molar-refractivity contribution in [3.05, 3.63) is 24.2 Å². The molecule has 0 saturated carbocycles. The van der Waals surface area contributed by atoms with Crippen LogP contribution >= 0.6 is 0 Å². The van der Waals surface area contributed by atoms with Crippen LogP contribution in [-0.2, 0) is 9.53 Å². The van der Waals surface area contributed by atoms with Gasteiger partial charge in [0.2, 0.25) is 11.8 Å².